The van der Waals surface area contributed by atoms with E-state index in [0.29, 0.717) is 34.2 Å². The molecule has 0 aliphatic carbocycles. The number of carbonyl (C=O) groups excluding carboxylic acids is 1. The molecule has 0 aliphatic rings. The number of carbonyl (C=O) groups is 1. The number of anilines is 1. The van der Waals surface area contributed by atoms with Gasteiger partial charge in [-0.25, -0.2) is 0 Å². The number of nitrogens with one attached hydrogen (secondary N) is 1. The zero-order valence-electron chi connectivity index (χ0n) is 21.4. The number of nitriles is 1. The van der Waals surface area contributed by atoms with Crippen molar-refractivity contribution in [2.24, 2.45) is 0 Å². The third-order valence-electron chi connectivity index (χ3n) is 5.96. The maximum atomic E-state index is 13.6. The molecular formula is C30H20N4O6S. The number of furan rings is 1. The number of non-ortho nitro benzene ring substituents is 1. The lowest BCUT2D eigenvalue weighted by molar-refractivity contribution is -0.384. The van der Waals surface area contributed by atoms with Gasteiger partial charge in [0.15, 0.2) is 5.57 Å². The molecule has 2 aromatic heterocycles. The molecule has 0 spiro atoms. The van der Waals surface area contributed by atoms with Crippen molar-refractivity contribution in [3.63, 3.8) is 0 Å². The second kappa shape index (κ2) is 11.6. The smallest absolute Gasteiger partial charge is 0.273 e. The quantitative estimate of drug-likeness (QED) is 0.231. The molecular weight excluding hydrogens is 544 g/mol. The molecule has 5 rings (SSSR count). The number of methoxy groups -OCH3 is 1. The Kier molecular flexibility index (Phi) is 7.58. The van der Waals surface area contributed by atoms with Crippen molar-refractivity contribution in [2.75, 3.05) is 12.4 Å². The van der Waals surface area contributed by atoms with Crippen molar-refractivity contribution in [2.45, 2.75) is 0 Å². The number of amides is 1. The van der Waals surface area contributed by atoms with Crippen LogP contribution in [0.15, 0.2) is 100 Å². The van der Waals surface area contributed by atoms with E-state index in [1.54, 1.807) is 78.9 Å². The average molecular weight is 565 g/mol. The zero-order chi connectivity index (χ0) is 28.9. The van der Waals surface area contributed by atoms with Gasteiger partial charge in [-0.2, -0.15) is 5.26 Å². The normalized spacial score (nSPS) is 12.0. The Morgan fingerprint density at radius 1 is 1.07 bits per heavy atom. The summed E-state index contributed by atoms with van der Waals surface area (Å²) in [6.45, 7) is 0. The summed E-state index contributed by atoms with van der Waals surface area (Å²) in [4.78, 5) is 37.5. The van der Waals surface area contributed by atoms with E-state index < -0.39 is 16.4 Å². The monoisotopic (exact) mass is 564 g/mol. The Bertz CT molecular complexity index is 2000. The molecule has 0 radical (unpaired) electrons. The van der Waals surface area contributed by atoms with Crippen LogP contribution in [0.1, 0.15) is 5.76 Å². The highest BCUT2D eigenvalue weighted by molar-refractivity contribution is 7.07. The number of para-hydroxylation sites is 1. The number of thiazole rings is 1. The SMILES string of the molecule is COc1cccc(NC(=O)C(C#N)=c2sc(=Cc3ccc(-c4cccc([N+](=O)[O-])c4)o3)c(=O)n2-c2ccccc2)c1. The number of benzene rings is 3. The second-order valence-electron chi connectivity index (χ2n) is 8.57. The van der Waals surface area contributed by atoms with Crippen LogP contribution in [0.3, 0.4) is 0 Å². The predicted molar refractivity (Wildman–Crippen MR) is 154 cm³/mol. The maximum Gasteiger partial charge on any atom is 0.273 e. The number of rotatable bonds is 7. The highest BCUT2D eigenvalue weighted by atomic mass is 32.1. The van der Waals surface area contributed by atoms with Crippen LogP contribution < -0.4 is 24.8 Å². The molecule has 0 atom stereocenters. The second-order valence-corrected chi connectivity index (χ2v) is 9.60. The Balaban J connectivity index is 1.63. The number of nitro benzene ring substituents is 1. The van der Waals surface area contributed by atoms with Gasteiger partial charge in [-0.15, -0.1) is 11.3 Å². The highest BCUT2D eigenvalue weighted by Gasteiger charge is 2.18. The van der Waals surface area contributed by atoms with Gasteiger partial charge >= 0.3 is 0 Å². The summed E-state index contributed by atoms with van der Waals surface area (Å²) in [5.41, 5.74) is 0.610. The van der Waals surface area contributed by atoms with Crippen molar-refractivity contribution < 1.29 is 18.9 Å². The van der Waals surface area contributed by atoms with Crippen LogP contribution in [0.2, 0.25) is 0 Å². The first-order valence-corrected chi connectivity index (χ1v) is 12.9. The largest absolute Gasteiger partial charge is 0.497 e. The third-order valence-corrected chi connectivity index (χ3v) is 7.05. The molecule has 202 valence electrons. The molecule has 1 amide bonds. The number of hydrogen-bond donors (Lipinski definition) is 1. The van der Waals surface area contributed by atoms with E-state index >= 15 is 0 Å². The van der Waals surface area contributed by atoms with Crippen LogP contribution in [-0.2, 0) is 4.79 Å². The van der Waals surface area contributed by atoms with Crippen molar-refractivity contribution in [3.8, 4) is 28.8 Å². The van der Waals surface area contributed by atoms with Crippen LogP contribution >= 0.6 is 11.3 Å². The van der Waals surface area contributed by atoms with E-state index in [4.69, 9.17) is 9.15 Å². The van der Waals surface area contributed by atoms with Gasteiger partial charge in [0.25, 0.3) is 17.2 Å². The van der Waals surface area contributed by atoms with E-state index in [1.807, 2.05) is 6.07 Å². The molecule has 0 fully saturated rings. The number of ether oxygens (including phenoxy) is 1. The summed E-state index contributed by atoms with van der Waals surface area (Å²) in [6, 6.07) is 26.6. The number of nitro groups is 1. The lowest BCUT2D eigenvalue weighted by atomic mass is 10.1. The van der Waals surface area contributed by atoms with Crippen molar-refractivity contribution in [1.82, 2.24) is 4.57 Å². The molecule has 5 aromatic rings. The van der Waals surface area contributed by atoms with Gasteiger partial charge in [0.1, 0.15) is 28.0 Å². The molecule has 11 heteroatoms. The van der Waals surface area contributed by atoms with Crippen LogP contribution in [0.4, 0.5) is 11.4 Å². The van der Waals surface area contributed by atoms with E-state index in [2.05, 4.69) is 5.32 Å². The molecule has 0 saturated carbocycles. The molecule has 3 aromatic carbocycles. The first kappa shape index (κ1) is 26.9. The Morgan fingerprint density at radius 2 is 1.85 bits per heavy atom. The summed E-state index contributed by atoms with van der Waals surface area (Å²) >= 11 is 0.967. The van der Waals surface area contributed by atoms with E-state index in [0.717, 1.165) is 11.3 Å². The fraction of sp³-hybridized carbons (Fsp3) is 0.0333. The van der Waals surface area contributed by atoms with E-state index in [1.165, 1.54) is 29.9 Å². The molecule has 1 N–H and O–H groups in total. The third kappa shape index (κ3) is 5.68. The zero-order valence-corrected chi connectivity index (χ0v) is 22.3. The fourth-order valence-electron chi connectivity index (χ4n) is 4.04. The van der Waals surface area contributed by atoms with Crippen molar-refractivity contribution in [3.05, 3.63) is 126 Å². The number of nitrogens with zero attached hydrogens (tertiary/aromatic N) is 3. The molecule has 0 bridgehead atoms. The van der Waals surface area contributed by atoms with Crippen LogP contribution in [0.5, 0.6) is 5.75 Å². The average Bonchev–Trinajstić information content (AvgIpc) is 3.58. The Morgan fingerprint density at radius 3 is 2.59 bits per heavy atom. The van der Waals surface area contributed by atoms with Gasteiger partial charge in [0.05, 0.1) is 22.3 Å². The minimum absolute atomic E-state index is 0.0788. The minimum Gasteiger partial charge on any atom is -0.497 e. The van der Waals surface area contributed by atoms with Crippen LogP contribution in [0.25, 0.3) is 28.7 Å². The van der Waals surface area contributed by atoms with Crippen molar-refractivity contribution >= 4 is 40.3 Å². The van der Waals surface area contributed by atoms with Gasteiger partial charge in [-0.05, 0) is 36.4 Å². The molecule has 2 heterocycles. The number of hydrogen-bond acceptors (Lipinski definition) is 8. The Labute approximate surface area is 236 Å². The van der Waals surface area contributed by atoms with Crippen LogP contribution in [-0.4, -0.2) is 22.5 Å². The molecule has 41 heavy (non-hydrogen) atoms. The lowest BCUT2D eigenvalue weighted by Gasteiger charge is -2.07. The molecule has 0 saturated heterocycles. The standard InChI is InChI=1S/C30H20N4O6S/c1-39-23-12-6-8-20(16-23)32-28(35)25(18-31)30-33(21-9-3-2-4-10-21)29(36)27(41-30)17-24-13-14-26(40-24)19-7-5-11-22(15-19)34(37)38/h2-17H,1H3,(H,32,35). The summed E-state index contributed by atoms with van der Waals surface area (Å²) in [7, 11) is 1.50. The summed E-state index contributed by atoms with van der Waals surface area (Å²) in [5.74, 6) is 0.528. The summed E-state index contributed by atoms with van der Waals surface area (Å²) < 4.78 is 12.7. The summed E-state index contributed by atoms with van der Waals surface area (Å²) in [5, 5.41) is 23.9. The van der Waals surface area contributed by atoms with Gasteiger partial charge in [-0.3, -0.25) is 24.3 Å². The van der Waals surface area contributed by atoms with Gasteiger partial charge in [0, 0.05) is 35.5 Å². The van der Waals surface area contributed by atoms with Crippen molar-refractivity contribution in [1.29, 1.82) is 5.26 Å². The van der Waals surface area contributed by atoms with Gasteiger partial charge in [-0.1, -0.05) is 36.4 Å². The lowest BCUT2D eigenvalue weighted by Crippen LogP contribution is -2.32. The fourth-order valence-corrected chi connectivity index (χ4v) is 5.12. The first-order valence-electron chi connectivity index (χ1n) is 12.1. The molecule has 10 nitrogen and oxygen atoms in total. The van der Waals surface area contributed by atoms with E-state index in [9.17, 15) is 25.0 Å². The van der Waals surface area contributed by atoms with Crippen LogP contribution in [0, 0.1) is 21.4 Å². The number of aromatic nitrogens is 1. The summed E-state index contributed by atoms with van der Waals surface area (Å²) in [6.07, 6.45) is 1.51. The Hall–Kier alpha value is -5.73. The topological polar surface area (TPSA) is 140 Å². The predicted octanol–water partition coefficient (Wildman–Crippen LogP) is 4.22. The van der Waals surface area contributed by atoms with E-state index in [-0.39, 0.29) is 20.5 Å². The highest BCUT2D eigenvalue weighted by Crippen LogP contribution is 2.26. The first-order chi connectivity index (χ1) is 19.9. The maximum absolute atomic E-state index is 13.6. The minimum atomic E-state index is -0.691. The van der Waals surface area contributed by atoms with Gasteiger partial charge < -0.3 is 14.5 Å². The molecule has 0 aliphatic heterocycles. The van der Waals surface area contributed by atoms with Gasteiger partial charge in [0.2, 0.25) is 0 Å². The molecule has 0 unspecified atom stereocenters.